The van der Waals surface area contributed by atoms with E-state index in [9.17, 15) is 14.4 Å². The van der Waals surface area contributed by atoms with Crippen LogP contribution >= 0.6 is 11.3 Å². The van der Waals surface area contributed by atoms with Gasteiger partial charge in [0.05, 0.1) is 22.2 Å². The fraction of sp³-hybridized carbons (Fsp3) is 0.185. The number of ether oxygens (including phenoxy) is 3. The van der Waals surface area contributed by atoms with Crippen LogP contribution in [0.1, 0.15) is 20.8 Å². The number of rotatable bonds is 10. The summed E-state index contributed by atoms with van der Waals surface area (Å²) >= 11 is 1.22. The Bertz CT molecular complexity index is 1360. The zero-order chi connectivity index (χ0) is 26.0. The first-order valence-corrected chi connectivity index (χ1v) is 12.2. The van der Waals surface area contributed by atoms with Crippen LogP contribution in [-0.2, 0) is 27.5 Å². The maximum atomic E-state index is 12.9. The van der Waals surface area contributed by atoms with Gasteiger partial charge in [-0.2, -0.15) is 0 Å². The number of carbonyl (C=O) groups excluding carboxylic acids is 3. The van der Waals surface area contributed by atoms with Crippen LogP contribution in [-0.4, -0.2) is 42.7 Å². The lowest BCUT2D eigenvalue weighted by molar-refractivity contribution is -0.147. The average molecular weight is 520 g/mol. The number of hydrogen-bond donors (Lipinski definition) is 2. The molecule has 2 aromatic carbocycles. The van der Waals surface area contributed by atoms with Crippen molar-refractivity contribution in [1.29, 1.82) is 0 Å². The Labute approximate surface area is 217 Å². The van der Waals surface area contributed by atoms with Gasteiger partial charge in [-0.3, -0.25) is 9.78 Å². The highest BCUT2D eigenvalue weighted by Crippen LogP contribution is 2.31. The number of nitrogens with one attached hydrogen (secondary N) is 2. The van der Waals surface area contributed by atoms with Crippen molar-refractivity contribution in [2.24, 2.45) is 0 Å². The molecule has 2 amide bonds. The molecule has 0 spiro atoms. The molecule has 4 rings (SSSR count). The van der Waals surface area contributed by atoms with E-state index in [1.807, 2.05) is 60.7 Å². The molecule has 0 aliphatic rings. The standard InChI is InChI=1S/C27H25N3O6S/c1-34-22-12-13-28-20-14-23(37-24(20)22)25(31)29-15-21(26(32)35-16-18-8-4-2-5-9-18)30-27(33)36-17-19-10-6-3-7-11-19/h2-14,21H,15-17H2,1H3,(H,29,31)(H,30,33)/t21-/m1/s1. The number of amides is 2. The topological polar surface area (TPSA) is 116 Å². The number of alkyl carbamates (subject to hydrolysis) is 1. The van der Waals surface area contributed by atoms with E-state index in [2.05, 4.69) is 15.6 Å². The van der Waals surface area contributed by atoms with Crippen LogP contribution in [0.4, 0.5) is 4.79 Å². The van der Waals surface area contributed by atoms with E-state index < -0.39 is 24.0 Å². The second-order valence-electron chi connectivity index (χ2n) is 7.90. The van der Waals surface area contributed by atoms with Crippen molar-refractivity contribution < 1.29 is 28.6 Å². The molecule has 0 unspecified atom stereocenters. The van der Waals surface area contributed by atoms with E-state index >= 15 is 0 Å². The normalized spacial score (nSPS) is 11.4. The average Bonchev–Trinajstić information content (AvgIpc) is 3.38. The monoisotopic (exact) mass is 519 g/mol. The summed E-state index contributed by atoms with van der Waals surface area (Å²) in [5, 5.41) is 5.18. The van der Waals surface area contributed by atoms with Crippen LogP contribution < -0.4 is 15.4 Å². The predicted molar refractivity (Wildman–Crippen MR) is 138 cm³/mol. The summed E-state index contributed by atoms with van der Waals surface area (Å²) in [6, 6.07) is 20.5. The van der Waals surface area contributed by atoms with Gasteiger partial charge in [-0.25, -0.2) is 9.59 Å². The lowest BCUT2D eigenvalue weighted by atomic mass is 10.2. The van der Waals surface area contributed by atoms with Crippen LogP contribution in [0.3, 0.4) is 0 Å². The van der Waals surface area contributed by atoms with Crippen molar-refractivity contribution in [3.8, 4) is 5.75 Å². The first-order valence-electron chi connectivity index (χ1n) is 11.4. The first kappa shape index (κ1) is 25.6. The highest BCUT2D eigenvalue weighted by molar-refractivity contribution is 7.21. The number of benzene rings is 2. The maximum absolute atomic E-state index is 12.9. The van der Waals surface area contributed by atoms with Crippen molar-refractivity contribution >= 4 is 39.5 Å². The third kappa shape index (κ3) is 7.05. The highest BCUT2D eigenvalue weighted by atomic mass is 32.1. The second kappa shape index (κ2) is 12.5. The van der Waals surface area contributed by atoms with Crippen LogP contribution in [0.15, 0.2) is 79.0 Å². The molecular weight excluding hydrogens is 494 g/mol. The zero-order valence-electron chi connectivity index (χ0n) is 20.0. The Balaban J connectivity index is 1.40. The molecular formula is C27H25N3O6S. The molecule has 0 aliphatic heterocycles. The van der Waals surface area contributed by atoms with Gasteiger partial charge in [-0.05, 0) is 23.3 Å². The number of thiophene rings is 1. The number of methoxy groups -OCH3 is 1. The molecule has 2 heterocycles. The summed E-state index contributed by atoms with van der Waals surface area (Å²) in [6.45, 7) is -0.153. The second-order valence-corrected chi connectivity index (χ2v) is 8.95. The molecule has 4 aromatic rings. The van der Waals surface area contributed by atoms with Gasteiger partial charge in [-0.1, -0.05) is 60.7 Å². The van der Waals surface area contributed by atoms with E-state index in [4.69, 9.17) is 14.2 Å². The molecule has 1 atom stereocenters. The number of hydrogen-bond acceptors (Lipinski definition) is 8. The van der Waals surface area contributed by atoms with Gasteiger partial charge in [-0.15, -0.1) is 11.3 Å². The minimum Gasteiger partial charge on any atom is -0.495 e. The van der Waals surface area contributed by atoms with E-state index in [0.29, 0.717) is 16.1 Å². The summed E-state index contributed by atoms with van der Waals surface area (Å²) in [4.78, 5) is 42.8. The molecule has 190 valence electrons. The van der Waals surface area contributed by atoms with Crippen molar-refractivity contribution in [3.05, 3.63) is 95.0 Å². The smallest absolute Gasteiger partial charge is 0.408 e. The molecule has 0 bridgehead atoms. The molecule has 0 saturated heterocycles. The largest absolute Gasteiger partial charge is 0.495 e. The predicted octanol–water partition coefficient (Wildman–Crippen LogP) is 4.07. The maximum Gasteiger partial charge on any atom is 0.408 e. The molecule has 0 radical (unpaired) electrons. The van der Waals surface area contributed by atoms with E-state index in [1.54, 1.807) is 25.4 Å². The van der Waals surface area contributed by atoms with E-state index in [1.165, 1.54) is 11.3 Å². The van der Waals surface area contributed by atoms with Crippen molar-refractivity contribution in [2.75, 3.05) is 13.7 Å². The number of carbonyl (C=O) groups is 3. The Morgan fingerprint density at radius 2 is 1.57 bits per heavy atom. The number of fused-ring (bicyclic) bond motifs is 1. The van der Waals surface area contributed by atoms with Crippen LogP contribution in [0.25, 0.3) is 10.2 Å². The summed E-state index contributed by atoms with van der Waals surface area (Å²) in [5.41, 5.74) is 2.20. The Kier molecular flexibility index (Phi) is 8.66. The summed E-state index contributed by atoms with van der Waals surface area (Å²) in [6.07, 6.45) is 0.787. The number of esters is 1. The number of aromatic nitrogens is 1. The van der Waals surface area contributed by atoms with Crippen LogP contribution in [0.2, 0.25) is 0 Å². The molecule has 0 fully saturated rings. The van der Waals surface area contributed by atoms with Gasteiger partial charge in [0.2, 0.25) is 0 Å². The third-order valence-corrected chi connectivity index (χ3v) is 6.44. The lowest BCUT2D eigenvalue weighted by Crippen LogP contribution is -2.49. The van der Waals surface area contributed by atoms with Gasteiger partial charge in [0, 0.05) is 12.7 Å². The molecule has 9 nitrogen and oxygen atoms in total. The van der Waals surface area contributed by atoms with E-state index in [-0.39, 0.29) is 19.8 Å². The summed E-state index contributed by atoms with van der Waals surface area (Å²) in [7, 11) is 1.54. The fourth-order valence-electron chi connectivity index (χ4n) is 3.40. The molecule has 2 aromatic heterocycles. The van der Waals surface area contributed by atoms with Gasteiger partial charge in [0.25, 0.3) is 5.91 Å². The highest BCUT2D eigenvalue weighted by Gasteiger charge is 2.25. The lowest BCUT2D eigenvalue weighted by Gasteiger charge is -2.18. The van der Waals surface area contributed by atoms with Crippen molar-refractivity contribution in [2.45, 2.75) is 19.3 Å². The molecule has 0 saturated carbocycles. The minimum atomic E-state index is -1.17. The minimum absolute atomic E-state index is 0.0205. The molecule has 10 heteroatoms. The first-order chi connectivity index (χ1) is 18.0. The number of nitrogens with zero attached hydrogens (tertiary/aromatic N) is 1. The van der Waals surface area contributed by atoms with Crippen molar-refractivity contribution in [3.63, 3.8) is 0 Å². The SMILES string of the molecule is COc1ccnc2cc(C(=O)NC[C@@H](NC(=O)OCc3ccccc3)C(=O)OCc3ccccc3)sc12. The van der Waals surface area contributed by atoms with Crippen LogP contribution in [0, 0.1) is 0 Å². The van der Waals surface area contributed by atoms with Gasteiger partial charge >= 0.3 is 12.1 Å². The third-order valence-electron chi connectivity index (χ3n) is 5.30. The molecule has 37 heavy (non-hydrogen) atoms. The van der Waals surface area contributed by atoms with Gasteiger partial charge in [0.15, 0.2) is 0 Å². The quantitative estimate of drug-likeness (QED) is 0.304. The Hall–Kier alpha value is -4.44. The number of pyridine rings is 1. The van der Waals surface area contributed by atoms with Gasteiger partial charge in [0.1, 0.15) is 25.0 Å². The Morgan fingerprint density at radius 1 is 0.919 bits per heavy atom. The summed E-state index contributed by atoms with van der Waals surface area (Å²) in [5.74, 6) is -0.523. The van der Waals surface area contributed by atoms with Crippen molar-refractivity contribution in [1.82, 2.24) is 15.6 Å². The molecule has 2 N–H and O–H groups in total. The van der Waals surface area contributed by atoms with E-state index in [0.717, 1.165) is 15.8 Å². The molecule has 0 aliphatic carbocycles. The fourth-order valence-corrected chi connectivity index (χ4v) is 4.42. The summed E-state index contributed by atoms with van der Waals surface area (Å²) < 4.78 is 16.7. The van der Waals surface area contributed by atoms with Gasteiger partial charge < -0.3 is 24.8 Å². The van der Waals surface area contributed by atoms with Crippen LogP contribution in [0.5, 0.6) is 5.75 Å². The Morgan fingerprint density at radius 3 is 2.22 bits per heavy atom. The zero-order valence-corrected chi connectivity index (χ0v) is 20.8.